The molecule has 0 aliphatic carbocycles. The Morgan fingerprint density at radius 3 is 2.82 bits per heavy atom. The summed E-state index contributed by atoms with van der Waals surface area (Å²) in [7, 11) is 1.86. The van der Waals surface area contributed by atoms with E-state index in [0.717, 1.165) is 33.6 Å². The van der Waals surface area contributed by atoms with Crippen molar-refractivity contribution in [1.29, 1.82) is 0 Å². The minimum absolute atomic E-state index is 0.0820. The summed E-state index contributed by atoms with van der Waals surface area (Å²) in [5.41, 5.74) is 2.72. The van der Waals surface area contributed by atoms with Crippen LogP contribution in [0, 0.1) is 13.8 Å². The molecule has 0 radical (unpaired) electrons. The quantitative estimate of drug-likeness (QED) is 0.469. The van der Waals surface area contributed by atoms with Crippen molar-refractivity contribution in [3.05, 3.63) is 53.6 Å². The van der Waals surface area contributed by atoms with Gasteiger partial charge >= 0.3 is 0 Å². The summed E-state index contributed by atoms with van der Waals surface area (Å²) in [6.07, 6.45) is 1.53. The highest BCUT2D eigenvalue weighted by Crippen LogP contribution is 2.31. The number of carbonyl (C=O) groups excluding carboxylic acids is 1. The van der Waals surface area contributed by atoms with Crippen molar-refractivity contribution in [2.24, 2.45) is 7.05 Å². The lowest BCUT2D eigenvalue weighted by molar-refractivity contribution is 0.0777. The van der Waals surface area contributed by atoms with E-state index in [2.05, 4.69) is 14.8 Å². The summed E-state index contributed by atoms with van der Waals surface area (Å²) in [5, 5.41) is 8.58. The Labute approximate surface area is 167 Å². The third kappa shape index (κ3) is 3.64. The molecule has 0 N–H and O–H groups in total. The Hall–Kier alpha value is -2.74. The molecule has 146 valence electrons. The summed E-state index contributed by atoms with van der Waals surface area (Å²) in [5.74, 6) is 1.94. The number of benzene rings is 1. The summed E-state index contributed by atoms with van der Waals surface area (Å²) in [6.45, 7) is 5.11. The summed E-state index contributed by atoms with van der Waals surface area (Å²) >= 11 is 1.39. The fourth-order valence-corrected chi connectivity index (χ4v) is 4.10. The van der Waals surface area contributed by atoms with Crippen LogP contribution in [0.25, 0.3) is 0 Å². The first-order valence-electron chi connectivity index (χ1n) is 9.08. The molecule has 0 spiro atoms. The summed E-state index contributed by atoms with van der Waals surface area (Å²) in [4.78, 5) is 12.7. The fourth-order valence-electron chi connectivity index (χ4n) is 3.33. The smallest absolute Gasteiger partial charge is 0.191 e. The minimum atomic E-state index is -0.101. The number of thioether (sulfide) groups is 1. The lowest BCUT2D eigenvalue weighted by Gasteiger charge is -2.27. The second-order valence-electron chi connectivity index (χ2n) is 6.83. The van der Waals surface area contributed by atoms with E-state index in [4.69, 9.17) is 9.47 Å². The van der Waals surface area contributed by atoms with Crippen LogP contribution in [0.15, 0.2) is 41.8 Å². The van der Waals surface area contributed by atoms with E-state index in [0.29, 0.717) is 18.9 Å². The Bertz CT molecular complexity index is 1010. The van der Waals surface area contributed by atoms with Crippen molar-refractivity contribution in [3.8, 4) is 11.5 Å². The number of ketones is 1. The molecule has 3 aromatic rings. The fraction of sp³-hybridized carbons (Fsp3) is 0.350. The molecule has 1 unspecified atom stereocenters. The molecule has 1 aromatic carbocycles. The highest BCUT2D eigenvalue weighted by molar-refractivity contribution is 7.99. The van der Waals surface area contributed by atoms with Crippen molar-refractivity contribution in [1.82, 2.24) is 19.3 Å². The van der Waals surface area contributed by atoms with Gasteiger partial charge in [0, 0.05) is 24.0 Å². The van der Waals surface area contributed by atoms with Crippen LogP contribution < -0.4 is 9.47 Å². The number of rotatable bonds is 6. The molecule has 4 rings (SSSR count). The van der Waals surface area contributed by atoms with Crippen molar-refractivity contribution in [2.45, 2.75) is 31.7 Å². The zero-order valence-electron chi connectivity index (χ0n) is 16.1. The van der Waals surface area contributed by atoms with Gasteiger partial charge in [-0.3, -0.25) is 4.79 Å². The van der Waals surface area contributed by atoms with Gasteiger partial charge in [-0.1, -0.05) is 23.9 Å². The topological polar surface area (TPSA) is 71.2 Å². The van der Waals surface area contributed by atoms with Crippen LogP contribution >= 0.6 is 11.8 Å². The number of nitrogens with zero attached hydrogens (tertiary/aromatic N) is 4. The van der Waals surface area contributed by atoms with E-state index in [1.54, 1.807) is 10.9 Å². The number of hydrogen-bond donors (Lipinski definition) is 0. The lowest BCUT2D eigenvalue weighted by Crippen LogP contribution is -2.33. The lowest BCUT2D eigenvalue weighted by atomic mass is 10.2. The second kappa shape index (κ2) is 7.71. The van der Waals surface area contributed by atoms with E-state index >= 15 is 0 Å². The highest BCUT2D eigenvalue weighted by atomic mass is 32.2. The predicted molar refractivity (Wildman–Crippen MR) is 106 cm³/mol. The molecule has 0 saturated heterocycles. The van der Waals surface area contributed by atoms with Gasteiger partial charge in [0.05, 0.1) is 12.3 Å². The highest BCUT2D eigenvalue weighted by Gasteiger charge is 2.24. The van der Waals surface area contributed by atoms with Crippen LogP contribution in [0.4, 0.5) is 0 Å². The number of Topliss-reactive ketones (excluding diaryl/α,β-unsaturated/α-hetero) is 1. The van der Waals surface area contributed by atoms with Crippen LogP contribution in [-0.2, 0) is 13.6 Å². The molecular weight excluding hydrogens is 376 g/mol. The van der Waals surface area contributed by atoms with Crippen LogP contribution in [0.3, 0.4) is 0 Å². The third-order valence-electron chi connectivity index (χ3n) is 4.83. The van der Waals surface area contributed by atoms with Gasteiger partial charge in [-0.05, 0) is 32.0 Å². The molecule has 2 aromatic heterocycles. The van der Waals surface area contributed by atoms with E-state index in [1.807, 2.05) is 51.2 Å². The van der Waals surface area contributed by atoms with Gasteiger partial charge in [-0.25, -0.2) is 0 Å². The van der Waals surface area contributed by atoms with Crippen molar-refractivity contribution >= 4 is 17.5 Å². The van der Waals surface area contributed by atoms with Crippen molar-refractivity contribution < 1.29 is 14.3 Å². The summed E-state index contributed by atoms with van der Waals surface area (Å²) < 4.78 is 15.8. The molecule has 1 aliphatic heterocycles. The first kappa shape index (κ1) is 18.6. The van der Waals surface area contributed by atoms with Gasteiger partial charge in [0.25, 0.3) is 0 Å². The van der Waals surface area contributed by atoms with Gasteiger partial charge in [-0.15, -0.1) is 10.2 Å². The molecular formula is C20H22N4O3S. The molecule has 8 heteroatoms. The van der Waals surface area contributed by atoms with Gasteiger partial charge in [0.15, 0.2) is 28.5 Å². The zero-order chi connectivity index (χ0) is 19.7. The first-order valence-corrected chi connectivity index (χ1v) is 10.1. The number of carbonyl (C=O) groups is 1. The largest absolute Gasteiger partial charge is 0.486 e. The molecule has 0 saturated carbocycles. The van der Waals surface area contributed by atoms with Crippen LogP contribution in [-0.4, -0.2) is 43.6 Å². The predicted octanol–water partition coefficient (Wildman–Crippen LogP) is 3.05. The molecule has 28 heavy (non-hydrogen) atoms. The minimum Gasteiger partial charge on any atom is -0.486 e. The number of ether oxygens (including phenoxy) is 2. The van der Waals surface area contributed by atoms with Gasteiger partial charge < -0.3 is 18.6 Å². The maximum atomic E-state index is 12.7. The van der Waals surface area contributed by atoms with Gasteiger partial charge in [0.1, 0.15) is 12.9 Å². The van der Waals surface area contributed by atoms with Crippen molar-refractivity contribution in [3.63, 3.8) is 0 Å². The van der Waals surface area contributed by atoms with Crippen LogP contribution in [0.1, 0.15) is 21.7 Å². The molecule has 1 aliphatic rings. The molecule has 3 heterocycles. The number of aromatic nitrogens is 4. The maximum Gasteiger partial charge on any atom is 0.191 e. The normalized spacial score (nSPS) is 15.6. The van der Waals surface area contributed by atoms with Crippen molar-refractivity contribution in [2.75, 3.05) is 12.4 Å². The summed E-state index contributed by atoms with van der Waals surface area (Å²) in [6, 6.07) is 9.63. The van der Waals surface area contributed by atoms with E-state index in [-0.39, 0.29) is 11.9 Å². The van der Waals surface area contributed by atoms with Crippen LogP contribution in [0.5, 0.6) is 11.5 Å². The molecule has 0 amide bonds. The number of hydrogen-bond acceptors (Lipinski definition) is 6. The van der Waals surface area contributed by atoms with E-state index in [1.165, 1.54) is 11.8 Å². The Balaban J connectivity index is 1.45. The van der Waals surface area contributed by atoms with Gasteiger partial charge in [0.2, 0.25) is 0 Å². The maximum absolute atomic E-state index is 12.7. The third-order valence-corrected chi connectivity index (χ3v) is 5.86. The standard InChI is InChI=1S/C20H22N4O3S/c1-13-8-16(17(25)11-28-20-22-21-12-23(20)3)14(2)24(13)9-15-10-26-18-6-4-5-7-19(18)27-15/h4-8,12,15H,9-11H2,1-3H3. The van der Waals surface area contributed by atoms with E-state index in [9.17, 15) is 4.79 Å². The molecule has 1 atom stereocenters. The van der Waals surface area contributed by atoms with Crippen LogP contribution in [0.2, 0.25) is 0 Å². The number of fused-ring (bicyclic) bond motifs is 1. The average molecular weight is 398 g/mol. The Morgan fingerprint density at radius 2 is 2.07 bits per heavy atom. The van der Waals surface area contributed by atoms with Gasteiger partial charge in [-0.2, -0.15) is 0 Å². The molecule has 0 bridgehead atoms. The Morgan fingerprint density at radius 1 is 1.29 bits per heavy atom. The monoisotopic (exact) mass is 398 g/mol. The molecule has 0 fully saturated rings. The number of para-hydroxylation sites is 2. The molecule has 7 nitrogen and oxygen atoms in total. The Kier molecular flexibility index (Phi) is 5.13. The zero-order valence-corrected chi connectivity index (χ0v) is 16.9. The number of aryl methyl sites for hydroxylation is 2. The SMILES string of the molecule is Cc1cc(C(=O)CSc2nncn2C)c(C)n1CC1COc2ccccc2O1. The second-order valence-corrected chi connectivity index (χ2v) is 7.77. The first-order chi connectivity index (χ1) is 13.5. The average Bonchev–Trinajstić information content (AvgIpc) is 3.23. The van der Waals surface area contributed by atoms with E-state index < -0.39 is 0 Å².